The normalized spacial score (nSPS) is 29.8. The predicted octanol–water partition coefficient (Wildman–Crippen LogP) is 0.911. The molecule has 2 fully saturated rings. The number of nitrogens with two attached hydrogens (primary N) is 1. The Hall–Kier alpha value is -2.12. The van der Waals surface area contributed by atoms with Crippen LogP contribution in [0, 0.1) is 11.8 Å². The number of carbonyl (C=O) groups is 3. The fourth-order valence-electron chi connectivity index (χ4n) is 4.86. The summed E-state index contributed by atoms with van der Waals surface area (Å²) in [7, 11) is 1.69. The van der Waals surface area contributed by atoms with Crippen LogP contribution in [0.25, 0.3) is 0 Å². The fraction of sp³-hybridized carbons (Fsp3) is 0.579. The molecule has 2 heterocycles. The molecule has 1 aliphatic heterocycles. The van der Waals surface area contributed by atoms with Gasteiger partial charge in [-0.05, 0) is 37.5 Å². The van der Waals surface area contributed by atoms with Crippen LogP contribution in [0.15, 0.2) is 18.3 Å². The number of ketones is 1. The van der Waals surface area contributed by atoms with E-state index in [4.69, 9.17) is 10.5 Å². The van der Waals surface area contributed by atoms with Crippen molar-refractivity contribution < 1.29 is 19.1 Å². The molecule has 1 amide bonds. The van der Waals surface area contributed by atoms with Gasteiger partial charge in [0.05, 0.1) is 0 Å². The maximum atomic E-state index is 11.9. The van der Waals surface area contributed by atoms with E-state index in [2.05, 4.69) is 4.98 Å². The molecule has 0 spiro atoms. The quantitative estimate of drug-likeness (QED) is 0.598. The van der Waals surface area contributed by atoms with Crippen LogP contribution in [-0.2, 0) is 19.9 Å². The number of primary amides is 1. The minimum Gasteiger partial charge on any atom is -0.373 e. The molecule has 1 saturated carbocycles. The van der Waals surface area contributed by atoms with E-state index in [0.29, 0.717) is 13.1 Å². The van der Waals surface area contributed by atoms with Crippen LogP contribution >= 0.6 is 0 Å². The van der Waals surface area contributed by atoms with Gasteiger partial charge in [0.2, 0.25) is 0 Å². The second-order valence-corrected chi connectivity index (χ2v) is 7.26. The van der Waals surface area contributed by atoms with Gasteiger partial charge in [0, 0.05) is 38.2 Å². The number of aldehydes is 1. The van der Waals surface area contributed by atoms with Gasteiger partial charge in [-0.2, -0.15) is 0 Å². The number of amides is 1. The zero-order valence-electron chi connectivity index (χ0n) is 15.2. The number of hydrogen-bond donors (Lipinski definition) is 1. The molecule has 7 heteroatoms. The predicted molar refractivity (Wildman–Crippen MR) is 94.4 cm³/mol. The molecule has 2 unspecified atom stereocenters. The van der Waals surface area contributed by atoms with E-state index in [1.165, 1.54) is 6.92 Å². The molecular formula is C19H25N3O4. The van der Waals surface area contributed by atoms with Crippen molar-refractivity contribution in [1.29, 1.82) is 0 Å². The number of methoxy groups -OCH3 is 1. The van der Waals surface area contributed by atoms with Crippen molar-refractivity contribution >= 4 is 18.0 Å². The van der Waals surface area contributed by atoms with Gasteiger partial charge in [0.25, 0.3) is 5.91 Å². The van der Waals surface area contributed by atoms with Crippen molar-refractivity contribution in [3.05, 3.63) is 29.6 Å². The maximum Gasteiger partial charge on any atom is 0.267 e. The fourth-order valence-corrected chi connectivity index (χ4v) is 4.86. The lowest BCUT2D eigenvalue weighted by Gasteiger charge is -2.56. The first-order chi connectivity index (χ1) is 12.4. The summed E-state index contributed by atoms with van der Waals surface area (Å²) in [4.78, 5) is 40.9. The van der Waals surface area contributed by atoms with Crippen LogP contribution in [0.1, 0.15) is 42.2 Å². The Morgan fingerprint density at radius 1 is 1.38 bits per heavy atom. The van der Waals surface area contributed by atoms with Gasteiger partial charge in [0.15, 0.2) is 5.78 Å². The molecule has 1 aromatic heterocycles. The first-order valence-electron chi connectivity index (χ1n) is 8.95. The smallest absolute Gasteiger partial charge is 0.267 e. The third-order valence-electron chi connectivity index (χ3n) is 5.97. The Morgan fingerprint density at radius 2 is 2.04 bits per heavy atom. The van der Waals surface area contributed by atoms with E-state index in [1.54, 1.807) is 19.4 Å². The summed E-state index contributed by atoms with van der Waals surface area (Å²) in [6.45, 7) is 2.65. The number of fused-ring (bicyclic) bond motifs is 2. The van der Waals surface area contributed by atoms with E-state index in [1.807, 2.05) is 11.0 Å². The zero-order valence-corrected chi connectivity index (χ0v) is 15.2. The van der Waals surface area contributed by atoms with Crippen LogP contribution in [0.2, 0.25) is 0 Å². The molecule has 140 valence electrons. The van der Waals surface area contributed by atoms with Gasteiger partial charge < -0.3 is 15.3 Å². The molecule has 0 radical (unpaired) electrons. The first kappa shape index (κ1) is 18.7. The largest absolute Gasteiger partial charge is 0.373 e. The van der Waals surface area contributed by atoms with Crippen molar-refractivity contribution in [2.75, 3.05) is 20.2 Å². The summed E-state index contributed by atoms with van der Waals surface area (Å²) in [5, 5.41) is 0. The summed E-state index contributed by atoms with van der Waals surface area (Å²) < 4.78 is 6.11. The zero-order chi connectivity index (χ0) is 18.9. The number of pyridine rings is 1. The SMILES string of the molecule is COC1(c2ccnc(C(N)=O)c2)[C@@H]2CCC[C@H]1CN(C(C=O)C(C)=O)C2. The molecular weight excluding hydrogens is 334 g/mol. The van der Waals surface area contributed by atoms with E-state index >= 15 is 0 Å². The molecule has 2 N–H and O–H groups in total. The highest BCUT2D eigenvalue weighted by Gasteiger charge is 2.54. The van der Waals surface area contributed by atoms with Gasteiger partial charge in [0.1, 0.15) is 23.6 Å². The van der Waals surface area contributed by atoms with Crippen molar-refractivity contribution in [1.82, 2.24) is 9.88 Å². The third-order valence-corrected chi connectivity index (χ3v) is 5.97. The highest BCUT2D eigenvalue weighted by Crippen LogP contribution is 2.51. The average Bonchev–Trinajstić information content (AvgIpc) is 2.61. The lowest BCUT2D eigenvalue weighted by molar-refractivity contribution is -0.175. The van der Waals surface area contributed by atoms with Crippen LogP contribution in [0.4, 0.5) is 0 Å². The summed E-state index contributed by atoms with van der Waals surface area (Å²) in [5.74, 6) is -0.476. The van der Waals surface area contributed by atoms with Gasteiger partial charge in [-0.3, -0.25) is 19.5 Å². The van der Waals surface area contributed by atoms with Crippen molar-refractivity contribution in [2.24, 2.45) is 17.6 Å². The minimum atomic E-state index is -0.702. The number of hydrogen-bond acceptors (Lipinski definition) is 6. The van der Waals surface area contributed by atoms with Gasteiger partial charge in [-0.1, -0.05) is 6.42 Å². The molecule has 2 bridgehead atoms. The van der Waals surface area contributed by atoms with Gasteiger partial charge >= 0.3 is 0 Å². The topological polar surface area (TPSA) is 103 Å². The van der Waals surface area contributed by atoms with Crippen LogP contribution in [-0.4, -0.2) is 54.1 Å². The molecule has 4 atom stereocenters. The monoisotopic (exact) mass is 359 g/mol. The molecule has 1 aromatic rings. The summed E-state index contributed by atoms with van der Waals surface area (Å²) >= 11 is 0. The third kappa shape index (κ3) is 2.95. The van der Waals surface area contributed by atoms with Crippen molar-refractivity contribution in [3.8, 4) is 0 Å². The minimum absolute atomic E-state index is 0.116. The number of ether oxygens (including phenoxy) is 1. The number of nitrogens with zero attached hydrogens (tertiary/aromatic N) is 2. The standard InChI is InChI=1S/C19H25N3O4/c1-12(24)17(11-23)22-9-14-4-3-5-15(10-22)19(14,26-2)13-6-7-21-16(8-13)18(20)25/h6-8,11,14-15,17H,3-5,9-10H2,1-2H3,(H2,20,25)/t14-,15+,17?,19?. The average molecular weight is 359 g/mol. The maximum absolute atomic E-state index is 11.9. The van der Waals surface area contributed by atoms with Crippen molar-refractivity contribution in [3.63, 3.8) is 0 Å². The number of rotatable bonds is 6. The van der Waals surface area contributed by atoms with E-state index in [9.17, 15) is 14.4 Å². The van der Waals surface area contributed by atoms with Gasteiger partial charge in [-0.25, -0.2) is 0 Å². The lowest BCUT2D eigenvalue weighted by atomic mass is 9.62. The molecule has 1 aliphatic carbocycles. The number of aromatic nitrogens is 1. The number of Topliss-reactive ketones (excluding diaryl/α,β-unsaturated/α-hetero) is 1. The van der Waals surface area contributed by atoms with Gasteiger partial charge in [-0.15, -0.1) is 0 Å². The molecule has 1 saturated heterocycles. The summed E-state index contributed by atoms with van der Waals surface area (Å²) in [5.41, 5.74) is 5.94. The van der Waals surface area contributed by atoms with Crippen LogP contribution in [0.3, 0.4) is 0 Å². The molecule has 3 rings (SSSR count). The molecule has 26 heavy (non-hydrogen) atoms. The van der Waals surface area contributed by atoms with E-state index in [-0.39, 0.29) is 23.3 Å². The number of likely N-dealkylation sites (tertiary alicyclic amines) is 1. The Labute approximate surface area is 152 Å². The second kappa shape index (κ2) is 7.25. The number of carbonyl (C=O) groups excluding carboxylic acids is 3. The Balaban J connectivity index is 2.00. The molecule has 2 aliphatic rings. The van der Waals surface area contributed by atoms with E-state index < -0.39 is 17.6 Å². The highest BCUT2D eigenvalue weighted by atomic mass is 16.5. The van der Waals surface area contributed by atoms with Crippen LogP contribution < -0.4 is 5.73 Å². The second-order valence-electron chi connectivity index (χ2n) is 7.26. The first-order valence-corrected chi connectivity index (χ1v) is 8.95. The molecule has 0 aromatic carbocycles. The Kier molecular flexibility index (Phi) is 5.20. The number of piperidine rings is 1. The van der Waals surface area contributed by atoms with E-state index in [0.717, 1.165) is 31.1 Å². The van der Waals surface area contributed by atoms with Crippen LogP contribution in [0.5, 0.6) is 0 Å². The Morgan fingerprint density at radius 3 is 2.54 bits per heavy atom. The summed E-state index contributed by atoms with van der Waals surface area (Å²) in [6.07, 6.45) is 5.25. The molecule has 7 nitrogen and oxygen atoms in total. The summed E-state index contributed by atoms with van der Waals surface area (Å²) in [6, 6.07) is 2.89. The lowest BCUT2D eigenvalue weighted by Crippen LogP contribution is -2.62. The Bertz CT molecular complexity index is 706. The van der Waals surface area contributed by atoms with Crippen molar-refractivity contribution in [2.45, 2.75) is 37.8 Å². The highest BCUT2D eigenvalue weighted by molar-refractivity contribution is 5.95.